The van der Waals surface area contributed by atoms with Gasteiger partial charge in [-0.1, -0.05) is 54.1 Å². The van der Waals surface area contributed by atoms with Crippen molar-refractivity contribution in [3.63, 3.8) is 0 Å². The van der Waals surface area contributed by atoms with E-state index in [1.54, 1.807) is 4.52 Å². The molecule has 2 aromatic carbocycles. The number of anilines is 1. The number of benzene rings is 2. The summed E-state index contributed by atoms with van der Waals surface area (Å²) in [7, 11) is 0. The second-order valence-corrected chi connectivity index (χ2v) is 6.33. The third-order valence-corrected chi connectivity index (χ3v) is 4.47. The number of hydrogen-bond acceptors (Lipinski definition) is 4. The minimum Gasteiger partial charge on any atom is -0.382 e. The first kappa shape index (κ1) is 16.1. The minimum atomic E-state index is 0.284. The molecular formula is C20H14ClN5. The fourth-order valence-electron chi connectivity index (χ4n) is 2.96. The van der Waals surface area contributed by atoms with E-state index in [1.165, 1.54) is 6.20 Å². The Hall–Kier alpha value is -3.36. The molecule has 0 saturated carbocycles. The predicted octanol–water partition coefficient (Wildman–Crippen LogP) is 4.09. The van der Waals surface area contributed by atoms with E-state index in [2.05, 4.69) is 10.1 Å². The summed E-state index contributed by atoms with van der Waals surface area (Å²) in [5.74, 6) is 0.284. The van der Waals surface area contributed by atoms with Gasteiger partial charge in [-0.25, -0.2) is 4.98 Å². The van der Waals surface area contributed by atoms with Crippen molar-refractivity contribution in [3.05, 3.63) is 82.6 Å². The molecule has 2 heterocycles. The van der Waals surface area contributed by atoms with Crippen molar-refractivity contribution in [2.24, 2.45) is 0 Å². The molecule has 5 nitrogen and oxygen atoms in total. The molecule has 0 fully saturated rings. The van der Waals surface area contributed by atoms with Gasteiger partial charge in [0.15, 0.2) is 5.65 Å². The zero-order valence-electron chi connectivity index (χ0n) is 13.7. The van der Waals surface area contributed by atoms with Crippen molar-refractivity contribution in [1.29, 1.82) is 5.26 Å². The highest BCUT2D eigenvalue weighted by Gasteiger charge is 2.19. The molecular weight excluding hydrogens is 346 g/mol. The first-order chi connectivity index (χ1) is 12.7. The van der Waals surface area contributed by atoms with Crippen LogP contribution in [0.1, 0.15) is 16.8 Å². The van der Waals surface area contributed by atoms with E-state index >= 15 is 0 Å². The van der Waals surface area contributed by atoms with Crippen LogP contribution in [0.15, 0.2) is 60.8 Å². The van der Waals surface area contributed by atoms with Crippen LogP contribution in [-0.4, -0.2) is 14.6 Å². The number of rotatable bonds is 3. The number of halogens is 1. The number of fused-ring (bicyclic) bond motifs is 1. The number of nitrogen functional groups attached to an aromatic ring is 1. The van der Waals surface area contributed by atoms with Gasteiger partial charge in [0.05, 0.1) is 17.5 Å². The van der Waals surface area contributed by atoms with E-state index in [9.17, 15) is 5.26 Å². The molecule has 26 heavy (non-hydrogen) atoms. The van der Waals surface area contributed by atoms with Crippen LogP contribution in [0, 0.1) is 11.3 Å². The summed E-state index contributed by atoms with van der Waals surface area (Å²) >= 11 is 6.03. The fraction of sp³-hybridized carbons (Fsp3) is 0.0500. The largest absolute Gasteiger partial charge is 0.382 e. The zero-order chi connectivity index (χ0) is 18.1. The number of hydrogen-bond donors (Lipinski definition) is 1. The lowest BCUT2D eigenvalue weighted by atomic mass is 10.0. The molecule has 2 N–H and O–H groups in total. The molecule has 0 aliphatic rings. The standard InChI is InChI=1S/C20H14ClN5/c21-16-8-6-14(7-9-16)18-17(10-13-4-2-1-3-5-13)25-26-19(23)15(11-22)12-24-20(18)26/h1-9,12H,10,23H2. The minimum absolute atomic E-state index is 0.284. The van der Waals surface area contributed by atoms with Gasteiger partial charge in [0.2, 0.25) is 0 Å². The number of aromatic nitrogens is 3. The average Bonchev–Trinajstić information content (AvgIpc) is 3.02. The van der Waals surface area contributed by atoms with Crippen molar-refractivity contribution in [2.75, 3.05) is 5.73 Å². The molecule has 0 radical (unpaired) electrons. The molecule has 0 spiro atoms. The second kappa shape index (κ2) is 6.51. The first-order valence-electron chi connectivity index (χ1n) is 8.03. The van der Waals surface area contributed by atoms with Crippen LogP contribution < -0.4 is 5.73 Å². The van der Waals surface area contributed by atoms with Gasteiger partial charge < -0.3 is 5.73 Å². The van der Waals surface area contributed by atoms with Crippen LogP contribution in [-0.2, 0) is 6.42 Å². The summed E-state index contributed by atoms with van der Waals surface area (Å²) in [5.41, 5.74) is 10.9. The first-order valence-corrected chi connectivity index (χ1v) is 8.41. The fourth-order valence-corrected chi connectivity index (χ4v) is 3.08. The van der Waals surface area contributed by atoms with Crippen LogP contribution in [0.2, 0.25) is 5.02 Å². The van der Waals surface area contributed by atoms with Gasteiger partial charge in [-0.3, -0.25) is 0 Å². The molecule has 4 aromatic rings. The smallest absolute Gasteiger partial charge is 0.165 e. The van der Waals surface area contributed by atoms with Gasteiger partial charge in [-0.2, -0.15) is 14.9 Å². The molecule has 0 atom stereocenters. The third-order valence-electron chi connectivity index (χ3n) is 4.22. The summed E-state index contributed by atoms with van der Waals surface area (Å²) < 4.78 is 1.54. The number of nitrogens with two attached hydrogens (primary N) is 1. The highest BCUT2D eigenvalue weighted by atomic mass is 35.5. The molecule has 4 rings (SSSR count). The molecule has 2 aromatic heterocycles. The van der Waals surface area contributed by atoms with Gasteiger partial charge in [-0.05, 0) is 23.3 Å². The van der Waals surface area contributed by atoms with Gasteiger partial charge in [-0.15, -0.1) is 0 Å². The van der Waals surface area contributed by atoms with Crippen molar-refractivity contribution < 1.29 is 0 Å². The predicted molar refractivity (Wildman–Crippen MR) is 102 cm³/mol. The average molecular weight is 360 g/mol. The van der Waals surface area contributed by atoms with Crippen LogP contribution in [0.4, 0.5) is 5.82 Å². The van der Waals surface area contributed by atoms with E-state index in [1.807, 2.05) is 60.7 Å². The van der Waals surface area contributed by atoms with Gasteiger partial charge in [0.1, 0.15) is 17.5 Å². The summed E-state index contributed by atoms with van der Waals surface area (Å²) in [6, 6.07) is 19.6. The van der Waals surface area contributed by atoms with Gasteiger partial charge >= 0.3 is 0 Å². The lowest BCUT2D eigenvalue weighted by Crippen LogP contribution is -2.03. The topological polar surface area (TPSA) is 80.0 Å². The van der Waals surface area contributed by atoms with E-state index in [-0.39, 0.29) is 5.82 Å². The molecule has 126 valence electrons. The SMILES string of the molecule is N#Cc1cnc2c(-c3ccc(Cl)cc3)c(Cc3ccccc3)nn2c1N. The molecule has 0 aliphatic carbocycles. The molecule has 0 saturated heterocycles. The Balaban J connectivity index is 1.96. The Kier molecular flexibility index (Phi) is 4.04. The van der Waals surface area contributed by atoms with Crippen molar-refractivity contribution in [3.8, 4) is 17.2 Å². The van der Waals surface area contributed by atoms with E-state index in [4.69, 9.17) is 17.3 Å². The molecule has 0 bridgehead atoms. The van der Waals surface area contributed by atoms with Crippen molar-refractivity contribution in [2.45, 2.75) is 6.42 Å². The third kappa shape index (κ3) is 2.77. The molecule has 0 aliphatic heterocycles. The van der Waals surface area contributed by atoms with Crippen LogP contribution in [0.25, 0.3) is 16.8 Å². The van der Waals surface area contributed by atoms with Crippen LogP contribution in [0.5, 0.6) is 0 Å². The number of nitrogens with zero attached hydrogens (tertiary/aromatic N) is 4. The molecule has 6 heteroatoms. The Bertz CT molecular complexity index is 1130. The normalized spacial score (nSPS) is 10.8. The van der Waals surface area contributed by atoms with Gasteiger partial charge in [0.25, 0.3) is 0 Å². The second-order valence-electron chi connectivity index (χ2n) is 5.90. The van der Waals surface area contributed by atoms with Gasteiger partial charge in [0, 0.05) is 11.4 Å². The van der Waals surface area contributed by atoms with Crippen molar-refractivity contribution in [1.82, 2.24) is 14.6 Å². The Morgan fingerprint density at radius 1 is 1.08 bits per heavy atom. The summed E-state index contributed by atoms with van der Waals surface area (Å²) in [6.45, 7) is 0. The Morgan fingerprint density at radius 3 is 2.50 bits per heavy atom. The maximum atomic E-state index is 9.21. The van der Waals surface area contributed by atoms with Crippen molar-refractivity contribution >= 4 is 23.1 Å². The zero-order valence-corrected chi connectivity index (χ0v) is 14.5. The summed E-state index contributed by atoms with van der Waals surface area (Å²) in [4.78, 5) is 4.44. The van der Waals surface area contributed by atoms with E-state index in [0.717, 1.165) is 22.4 Å². The quantitative estimate of drug-likeness (QED) is 0.597. The maximum Gasteiger partial charge on any atom is 0.165 e. The van der Waals surface area contributed by atoms with Crippen LogP contribution >= 0.6 is 11.6 Å². The van der Waals surface area contributed by atoms with E-state index in [0.29, 0.717) is 22.7 Å². The monoisotopic (exact) mass is 359 g/mol. The highest BCUT2D eigenvalue weighted by Crippen LogP contribution is 2.31. The van der Waals surface area contributed by atoms with Crippen LogP contribution in [0.3, 0.4) is 0 Å². The summed E-state index contributed by atoms with van der Waals surface area (Å²) in [6.07, 6.45) is 2.11. The molecule has 0 unspecified atom stereocenters. The molecule has 0 amide bonds. The number of nitriles is 1. The van der Waals surface area contributed by atoms with E-state index < -0.39 is 0 Å². The Morgan fingerprint density at radius 2 is 1.81 bits per heavy atom. The highest BCUT2D eigenvalue weighted by molar-refractivity contribution is 6.30. The lowest BCUT2D eigenvalue weighted by Gasteiger charge is -2.04. The lowest BCUT2D eigenvalue weighted by molar-refractivity contribution is 0.904. The Labute approximate surface area is 155 Å². The maximum absolute atomic E-state index is 9.21. The summed E-state index contributed by atoms with van der Waals surface area (Å²) in [5, 5.41) is 14.5.